The number of ether oxygens (including phenoxy) is 2. The third-order valence-corrected chi connectivity index (χ3v) is 4.40. The number of nitrogens with one attached hydrogen (secondary N) is 1. The van der Waals surface area contributed by atoms with Crippen LogP contribution in [-0.4, -0.2) is 52.1 Å². The molecule has 0 radical (unpaired) electrons. The molecule has 1 atom stereocenters. The molecule has 2 aromatic rings. The highest BCUT2D eigenvalue weighted by molar-refractivity contribution is 6.38. The smallest absolute Gasteiger partial charge is 0.355 e. The van der Waals surface area contributed by atoms with Crippen LogP contribution >= 0.6 is 11.6 Å². The Morgan fingerprint density at radius 2 is 1.86 bits per heavy atom. The molecule has 0 saturated heterocycles. The van der Waals surface area contributed by atoms with E-state index in [1.54, 1.807) is 43.3 Å². The molecule has 0 fully saturated rings. The number of methoxy groups -OCH3 is 2. The topological polar surface area (TPSA) is 121 Å². The monoisotopic (exact) mass is 416 g/mol. The van der Waals surface area contributed by atoms with E-state index in [0.717, 1.165) is 0 Å². The molecule has 0 amide bonds. The van der Waals surface area contributed by atoms with Crippen molar-refractivity contribution in [2.24, 2.45) is 11.0 Å². The molecule has 1 aliphatic heterocycles. The Morgan fingerprint density at radius 1 is 1.17 bits per heavy atom. The van der Waals surface area contributed by atoms with E-state index in [1.807, 2.05) is 0 Å². The number of nitrogens with zero attached hydrogens (tertiary/aromatic N) is 5. The average Bonchev–Trinajstić information content (AvgIpc) is 3.21. The van der Waals surface area contributed by atoms with E-state index in [1.165, 1.54) is 19.0 Å². The van der Waals surface area contributed by atoms with Gasteiger partial charge in [-0.3, -0.25) is 5.43 Å². The number of hydrogen-bond acceptors (Lipinski definition) is 9. The van der Waals surface area contributed by atoms with Crippen LogP contribution in [0.1, 0.15) is 12.7 Å². The molecule has 29 heavy (non-hydrogen) atoms. The number of rotatable bonds is 5. The zero-order chi connectivity index (χ0) is 21.0. The minimum atomic E-state index is -0.639. The Labute approximate surface area is 170 Å². The largest absolute Gasteiger partial charge is 0.464 e. The van der Waals surface area contributed by atoms with Crippen molar-refractivity contribution in [2.45, 2.75) is 6.92 Å². The first-order valence-corrected chi connectivity index (χ1v) is 8.77. The zero-order valence-electron chi connectivity index (χ0n) is 15.8. The summed E-state index contributed by atoms with van der Waals surface area (Å²) in [5, 5.41) is 16.8. The Kier molecular flexibility index (Phi) is 6.03. The molecule has 1 aromatic carbocycles. The van der Waals surface area contributed by atoms with Crippen LogP contribution in [0.25, 0.3) is 11.8 Å². The summed E-state index contributed by atoms with van der Waals surface area (Å²) in [6.07, 6.45) is 3.21. The van der Waals surface area contributed by atoms with Gasteiger partial charge in [-0.25, -0.2) is 9.59 Å². The summed E-state index contributed by atoms with van der Waals surface area (Å²) in [7, 11) is 2.51. The number of carbonyl (C=O) groups is 2. The number of benzene rings is 1. The molecule has 1 N–H and O–H groups in total. The highest BCUT2D eigenvalue weighted by atomic mass is 35.5. The van der Waals surface area contributed by atoms with Crippen molar-refractivity contribution in [3.63, 3.8) is 0 Å². The van der Waals surface area contributed by atoms with Gasteiger partial charge in [-0.2, -0.15) is 5.10 Å². The van der Waals surface area contributed by atoms with E-state index in [-0.39, 0.29) is 11.4 Å². The predicted molar refractivity (Wildman–Crippen MR) is 104 cm³/mol. The summed E-state index contributed by atoms with van der Waals surface area (Å²) in [4.78, 5) is 25.3. The van der Waals surface area contributed by atoms with Crippen molar-refractivity contribution in [3.8, 4) is 5.69 Å². The average molecular weight is 417 g/mol. The molecule has 11 heteroatoms. The Balaban J connectivity index is 1.89. The second-order valence-electron chi connectivity index (χ2n) is 5.90. The van der Waals surface area contributed by atoms with Gasteiger partial charge in [0.1, 0.15) is 5.70 Å². The van der Waals surface area contributed by atoms with Crippen molar-refractivity contribution in [1.82, 2.24) is 25.6 Å². The lowest BCUT2D eigenvalue weighted by Crippen LogP contribution is -2.35. The van der Waals surface area contributed by atoms with Crippen LogP contribution in [0.15, 0.2) is 46.7 Å². The molecule has 150 valence electrons. The summed E-state index contributed by atoms with van der Waals surface area (Å²) >= 11 is 5.88. The Bertz CT molecular complexity index is 1030. The summed E-state index contributed by atoms with van der Waals surface area (Å²) in [6.45, 7) is 1.68. The molecule has 0 saturated carbocycles. The SMILES string of the molecule is COC(=O)C1=NNC(C(=O)OC)=C(C)C1/C=C\c1nnn(-c2ccc(Cl)cc2)n1. The fraction of sp³-hybridized carbons (Fsp3) is 0.222. The van der Waals surface area contributed by atoms with E-state index < -0.39 is 17.9 Å². The number of hydrogen-bond donors (Lipinski definition) is 1. The number of tetrazole rings is 1. The molecular weight excluding hydrogens is 400 g/mol. The predicted octanol–water partition coefficient (Wildman–Crippen LogP) is 1.52. The summed E-state index contributed by atoms with van der Waals surface area (Å²) < 4.78 is 9.51. The molecule has 1 aromatic heterocycles. The second-order valence-corrected chi connectivity index (χ2v) is 6.34. The highest BCUT2D eigenvalue weighted by Gasteiger charge is 2.31. The number of halogens is 1. The Morgan fingerprint density at radius 3 is 2.52 bits per heavy atom. The first-order chi connectivity index (χ1) is 13.9. The third-order valence-electron chi connectivity index (χ3n) is 4.15. The van der Waals surface area contributed by atoms with Gasteiger partial charge in [0.2, 0.25) is 0 Å². The van der Waals surface area contributed by atoms with Crippen LogP contribution in [-0.2, 0) is 19.1 Å². The van der Waals surface area contributed by atoms with Crippen LogP contribution in [0.3, 0.4) is 0 Å². The maximum atomic E-state index is 12.1. The molecule has 0 aliphatic carbocycles. The normalized spacial score (nSPS) is 16.4. The minimum Gasteiger partial charge on any atom is -0.464 e. The molecular formula is C18H17ClN6O4. The number of esters is 2. The minimum absolute atomic E-state index is 0.0824. The lowest BCUT2D eigenvalue weighted by molar-refractivity contribution is -0.137. The van der Waals surface area contributed by atoms with Crippen LogP contribution < -0.4 is 5.43 Å². The number of aromatic nitrogens is 4. The van der Waals surface area contributed by atoms with Gasteiger partial charge in [0.15, 0.2) is 11.5 Å². The fourth-order valence-electron chi connectivity index (χ4n) is 2.61. The molecule has 0 spiro atoms. The molecule has 2 heterocycles. The van der Waals surface area contributed by atoms with Crippen molar-refractivity contribution in [1.29, 1.82) is 0 Å². The van der Waals surface area contributed by atoms with Gasteiger partial charge in [-0.1, -0.05) is 17.7 Å². The van der Waals surface area contributed by atoms with Crippen LogP contribution in [0.4, 0.5) is 0 Å². The number of hydrazone groups is 1. The van der Waals surface area contributed by atoms with Crippen LogP contribution in [0, 0.1) is 5.92 Å². The van der Waals surface area contributed by atoms with E-state index in [0.29, 0.717) is 22.1 Å². The molecule has 1 aliphatic rings. The fourth-order valence-corrected chi connectivity index (χ4v) is 2.74. The molecule has 10 nitrogen and oxygen atoms in total. The second kappa shape index (κ2) is 8.65. The van der Waals surface area contributed by atoms with Gasteiger partial charge < -0.3 is 9.47 Å². The van der Waals surface area contributed by atoms with Crippen molar-refractivity contribution >= 4 is 35.3 Å². The first-order valence-electron chi connectivity index (χ1n) is 8.39. The van der Waals surface area contributed by atoms with E-state index in [9.17, 15) is 9.59 Å². The molecule has 1 unspecified atom stereocenters. The van der Waals surface area contributed by atoms with Crippen molar-refractivity contribution in [2.75, 3.05) is 14.2 Å². The Hall–Kier alpha value is -3.53. The lowest BCUT2D eigenvalue weighted by atomic mass is 9.91. The van der Waals surface area contributed by atoms with Gasteiger partial charge in [0.25, 0.3) is 0 Å². The maximum Gasteiger partial charge on any atom is 0.355 e. The van der Waals surface area contributed by atoms with Gasteiger partial charge in [0.05, 0.1) is 25.8 Å². The van der Waals surface area contributed by atoms with E-state index >= 15 is 0 Å². The zero-order valence-corrected chi connectivity index (χ0v) is 16.5. The van der Waals surface area contributed by atoms with E-state index in [4.69, 9.17) is 21.1 Å². The summed E-state index contributed by atoms with van der Waals surface area (Å²) in [6, 6.07) is 6.93. The molecule has 0 bridgehead atoms. The van der Waals surface area contributed by atoms with Gasteiger partial charge in [0, 0.05) is 5.02 Å². The maximum absolute atomic E-state index is 12.1. The summed E-state index contributed by atoms with van der Waals surface area (Å²) in [5.41, 5.74) is 3.99. The number of allylic oxidation sites excluding steroid dienone is 2. The van der Waals surface area contributed by atoms with Crippen LogP contribution in [0.2, 0.25) is 5.02 Å². The standard InChI is InChI=1S/C18H17ClN6O4/c1-10-13(16(18(27)29-3)22-21-15(10)17(26)28-2)8-9-14-20-24-25(23-14)12-6-4-11(19)5-7-12/h4-9,13,21H,1-3H3/b9-8-. The summed E-state index contributed by atoms with van der Waals surface area (Å²) in [5.74, 6) is -1.57. The third kappa shape index (κ3) is 4.32. The van der Waals surface area contributed by atoms with Crippen molar-refractivity contribution < 1.29 is 19.1 Å². The van der Waals surface area contributed by atoms with Crippen molar-refractivity contribution in [3.05, 3.63) is 52.5 Å². The van der Waals surface area contributed by atoms with Gasteiger partial charge >= 0.3 is 11.9 Å². The lowest BCUT2D eigenvalue weighted by Gasteiger charge is -2.22. The van der Waals surface area contributed by atoms with Gasteiger partial charge in [-0.05, 0) is 48.1 Å². The first kappa shape index (κ1) is 20.2. The highest BCUT2D eigenvalue weighted by Crippen LogP contribution is 2.23. The molecule has 3 rings (SSSR count). The quantitative estimate of drug-likeness (QED) is 0.728. The van der Waals surface area contributed by atoms with Gasteiger partial charge in [-0.15, -0.1) is 15.0 Å². The van der Waals surface area contributed by atoms with Crippen LogP contribution in [0.5, 0.6) is 0 Å². The number of carbonyl (C=O) groups excluding carboxylic acids is 2. The van der Waals surface area contributed by atoms with E-state index in [2.05, 4.69) is 25.9 Å².